The molecule has 1 aromatic rings. The van der Waals surface area contributed by atoms with Crippen LogP contribution in [-0.4, -0.2) is 41.3 Å². The number of ether oxygens (including phenoxy) is 3. The van der Waals surface area contributed by atoms with Crippen LogP contribution >= 0.6 is 0 Å². The summed E-state index contributed by atoms with van der Waals surface area (Å²) in [6.45, 7) is 0. The number of esters is 2. The summed E-state index contributed by atoms with van der Waals surface area (Å²) in [6, 6.07) is 0.0295. The molecule has 1 atom stereocenters. The monoisotopic (exact) mass is 407 g/mol. The summed E-state index contributed by atoms with van der Waals surface area (Å²) < 4.78 is 17.6. The molecular formula is C19H25N3O7. The fourth-order valence-electron chi connectivity index (χ4n) is 3.86. The van der Waals surface area contributed by atoms with Gasteiger partial charge in [0, 0.05) is 20.1 Å². The van der Waals surface area contributed by atoms with E-state index in [1.807, 2.05) is 0 Å². The number of carbonyl (C=O) groups is 2. The first-order valence-electron chi connectivity index (χ1n) is 9.46. The molecule has 0 spiro atoms. The van der Waals surface area contributed by atoms with E-state index in [-0.39, 0.29) is 28.9 Å². The van der Waals surface area contributed by atoms with Gasteiger partial charge < -0.3 is 19.5 Å². The zero-order valence-corrected chi connectivity index (χ0v) is 16.9. The van der Waals surface area contributed by atoms with Crippen LogP contribution in [0.25, 0.3) is 0 Å². The van der Waals surface area contributed by atoms with E-state index in [4.69, 9.17) is 14.2 Å². The summed E-state index contributed by atoms with van der Waals surface area (Å²) in [7, 11) is 5.05. The highest BCUT2D eigenvalue weighted by atomic mass is 16.5. The lowest BCUT2D eigenvalue weighted by molar-refractivity contribution is -0.145. The molecule has 10 nitrogen and oxygen atoms in total. The van der Waals surface area contributed by atoms with Gasteiger partial charge in [-0.05, 0) is 12.8 Å². The highest BCUT2D eigenvalue weighted by Crippen LogP contribution is 2.37. The van der Waals surface area contributed by atoms with Gasteiger partial charge in [0.2, 0.25) is 11.8 Å². The number of nitrogens with one attached hydrogen (secondary N) is 1. The van der Waals surface area contributed by atoms with Crippen LogP contribution in [-0.2, 0) is 33.2 Å². The van der Waals surface area contributed by atoms with Crippen molar-refractivity contribution in [2.24, 2.45) is 14.1 Å². The second kappa shape index (κ2) is 8.14. The van der Waals surface area contributed by atoms with Gasteiger partial charge in [0.15, 0.2) is 0 Å². The number of nitrogens with zero attached hydrogens (tertiary/aromatic N) is 2. The van der Waals surface area contributed by atoms with E-state index in [0.717, 1.165) is 48.3 Å². The minimum atomic E-state index is -1.38. The molecule has 0 aromatic carbocycles. The van der Waals surface area contributed by atoms with Crippen LogP contribution in [0.2, 0.25) is 0 Å². The summed E-state index contributed by atoms with van der Waals surface area (Å²) in [6.07, 6.45) is 4.91. The summed E-state index contributed by atoms with van der Waals surface area (Å²) >= 11 is 0. The predicted molar refractivity (Wildman–Crippen MR) is 101 cm³/mol. The number of methoxy groups -OCH3 is 2. The van der Waals surface area contributed by atoms with Crippen molar-refractivity contribution in [3.05, 3.63) is 37.9 Å². The predicted octanol–water partition coefficient (Wildman–Crippen LogP) is 0.0399. The molecule has 1 aromatic heterocycles. The Balaban J connectivity index is 2.24. The Kier molecular flexibility index (Phi) is 5.81. The summed E-state index contributed by atoms with van der Waals surface area (Å²) in [5.74, 6) is -3.11. The van der Waals surface area contributed by atoms with Crippen LogP contribution in [0.3, 0.4) is 0 Å². The third kappa shape index (κ3) is 3.54. The molecule has 0 radical (unpaired) electrons. The van der Waals surface area contributed by atoms with Gasteiger partial charge in [-0.25, -0.2) is 9.59 Å². The van der Waals surface area contributed by atoms with E-state index in [0.29, 0.717) is 0 Å². The van der Waals surface area contributed by atoms with Crippen LogP contribution in [0.15, 0.2) is 21.0 Å². The number of carbonyl (C=O) groups excluding carboxylic acids is 2. The van der Waals surface area contributed by atoms with Gasteiger partial charge in [0.25, 0.3) is 5.56 Å². The first-order valence-corrected chi connectivity index (χ1v) is 9.46. The van der Waals surface area contributed by atoms with Crippen LogP contribution in [0.5, 0.6) is 5.88 Å². The van der Waals surface area contributed by atoms with Gasteiger partial charge in [0.05, 0.1) is 19.8 Å². The Labute approximate surface area is 167 Å². The molecular weight excluding hydrogens is 382 g/mol. The van der Waals surface area contributed by atoms with Crippen molar-refractivity contribution >= 4 is 11.9 Å². The zero-order chi connectivity index (χ0) is 21.3. The maximum Gasteiger partial charge on any atom is 0.340 e. The molecule has 2 aliphatic rings. The summed E-state index contributed by atoms with van der Waals surface area (Å²) in [4.78, 5) is 50.5. The molecule has 1 saturated carbocycles. The normalized spacial score (nSPS) is 19.2. The minimum Gasteiger partial charge on any atom is -0.468 e. The van der Waals surface area contributed by atoms with Gasteiger partial charge in [-0.2, -0.15) is 0 Å². The van der Waals surface area contributed by atoms with Crippen molar-refractivity contribution in [2.45, 2.75) is 44.1 Å². The zero-order valence-electron chi connectivity index (χ0n) is 16.9. The fourth-order valence-corrected chi connectivity index (χ4v) is 3.86. The maximum absolute atomic E-state index is 12.8. The molecule has 0 amide bonds. The molecule has 1 aliphatic carbocycles. The van der Waals surface area contributed by atoms with E-state index in [2.05, 4.69) is 5.32 Å². The number of hydrogen-bond donors (Lipinski definition) is 1. The first kappa shape index (κ1) is 20.7. The lowest BCUT2D eigenvalue weighted by Crippen LogP contribution is -2.46. The fraction of sp³-hybridized carbons (Fsp3) is 0.579. The lowest BCUT2D eigenvalue weighted by Gasteiger charge is -2.32. The number of rotatable bonds is 4. The van der Waals surface area contributed by atoms with E-state index < -0.39 is 29.1 Å². The van der Waals surface area contributed by atoms with Gasteiger partial charge in [0.1, 0.15) is 11.5 Å². The van der Waals surface area contributed by atoms with Crippen molar-refractivity contribution in [3.63, 3.8) is 0 Å². The van der Waals surface area contributed by atoms with Crippen molar-refractivity contribution in [1.82, 2.24) is 14.5 Å². The molecule has 29 heavy (non-hydrogen) atoms. The average molecular weight is 407 g/mol. The van der Waals surface area contributed by atoms with E-state index >= 15 is 0 Å². The largest absolute Gasteiger partial charge is 0.468 e. The molecule has 2 heterocycles. The molecule has 1 unspecified atom stereocenters. The third-order valence-electron chi connectivity index (χ3n) is 5.45. The topological polar surface area (TPSA) is 118 Å². The highest BCUT2D eigenvalue weighted by Gasteiger charge is 2.44. The molecule has 158 valence electrons. The van der Waals surface area contributed by atoms with E-state index in [1.54, 1.807) is 0 Å². The Bertz CT molecular complexity index is 983. The van der Waals surface area contributed by atoms with Crippen LogP contribution in [0.1, 0.15) is 43.6 Å². The SMILES string of the molecule is COC(=O)C1=C(NC2CCCCC2)Oc2c(c(=O)n(C)c(=O)n2C)C1C(=O)OC. The molecule has 1 fully saturated rings. The molecule has 10 heteroatoms. The molecule has 1 N–H and O–H groups in total. The van der Waals surface area contributed by atoms with Crippen molar-refractivity contribution < 1.29 is 23.8 Å². The lowest BCUT2D eigenvalue weighted by atomic mass is 9.89. The van der Waals surface area contributed by atoms with Gasteiger partial charge in [-0.1, -0.05) is 19.3 Å². The van der Waals surface area contributed by atoms with Crippen LogP contribution in [0.4, 0.5) is 0 Å². The van der Waals surface area contributed by atoms with Crippen molar-refractivity contribution in [1.29, 1.82) is 0 Å². The minimum absolute atomic E-state index is 0.00917. The standard InChI is InChI=1S/C19H25N3O7/c1-21-15(23)13-11(17(24)27-3)12(18(25)28-4)14(20-10-8-6-5-7-9-10)29-16(13)22(2)19(21)26/h10-11,20H,5-9H2,1-4H3. The Morgan fingerprint density at radius 3 is 2.28 bits per heavy atom. The molecule has 0 bridgehead atoms. The van der Waals surface area contributed by atoms with E-state index in [1.165, 1.54) is 21.2 Å². The second-order valence-corrected chi connectivity index (χ2v) is 7.20. The smallest absolute Gasteiger partial charge is 0.340 e. The Morgan fingerprint density at radius 1 is 1.03 bits per heavy atom. The van der Waals surface area contributed by atoms with Gasteiger partial charge >= 0.3 is 17.6 Å². The van der Waals surface area contributed by atoms with Crippen LogP contribution in [0, 0.1) is 0 Å². The summed E-state index contributed by atoms with van der Waals surface area (Å²) in [5.41, 5.74) is -1.64. The van der Waals surface area contributed by atoms with Crippen molar-refractivity contribution in [3.8, 4) is 5.88 Å². The Morgan fingerprint density at radius 2 is 1.69 bits per heavy atom. The number of aromatic nitrogens is 2. The third-order valence-corrected chi connectivity index (χ3v) is 5.45. The maximum atomic E-state index is 12.8. The van der Waals surface area contributed by atoms with Gasteiger partial charge in [-0.3, -0.25) is 18.7 Å². The quantitative estimate of drug-likeness (QED) is 0.695. The molecule has 1 aliphatic heterocycles. The second-order valence-electron chi connectivity index (χ2n) is 7.20. The van der Waals surface area contributed by atoms with Gasteiger partial charge in [-0.15, -0.1) is 0 Å². The molecule has 0 saturated heterocycles. The van der Waals surface area contributed by atoms with Crippen molar-refractivity contribution in [2.75, 3.05) is 14.2 Å². The average Bonchev–Trinajstić information content (AvgIpc) is 2.74. The van der Waals surface area contributed by atoms with Crippen LogP contribution < -0.4 is 21.3 Å². The Hall–Kier alpha value is -3.04. The summed E-state index contributed by atoms with van der Waals surface area (Å²) in [5, 5.41) is 3.18. The highest BCUT2D eigenvalue weighted by molar-refractivity contribution is 6.00. The number of hydrogen-bond acceptors (Lipinski definition) is 8. The number of fused-ring (bicyclic) bond motifs is 1. The van der Waals surface area contributed by atoms with E-state index in [9.17, 15) is 19.2 Å². The first-order chi connectivity index (χ1) is 13.8. The molecule has 3 rings (SSSR count).